The van der Waals surface area contributed by atoms with Crippen LogP contribution in [0, 0.1) is 0 Å². The molecule has 1 aliphatic rings. The second-order valence-electron chi connectivity index (χ2n) is 14.3. The van der Waals surface area contributed by atoms with Crippen LogP contribution in [0.2, 0.25) is 0 Å². The molecule has 1 aliphatic heterocycles. The van der Waals surface area contributed by atoms with E-state index in [1.54, 1.807) is 0 Å². The Labute approximate surface area is 331 Å². The first-order valence-electron chi connectivity index (χ1n) is 20.7. The summed E-state index contributed by atoms with van der Waals surface area (Å²) in [5, 5.41) is 30.7. The van der Waals surface area contributed by atoms with Crippen LogP contribution in [0.4, 0.5) is 0 Å². The van der Waals surface area contributed by atoms with Gasteiger partial charge < -0.3 is 34.3 Å². The predicted molar refractivity (Wildman–Crippen MR) is 215 cm³/mol. The molecule has 4 N–H and O–H groups in total. The Morgan fingerprint density at radius 2 is 1.09 bits per heavy atom. The van der Waals surface area contributed by atoms with Gasteiger partial charge in [-0.1, -0.05) is 127 Å². The molecule has 1 fully saturated rings. The molecule has 0 aromatic rings. The summed E-state index contributed by atoms with van der Waals surface area (Å²) in [6.07, 6.45) is 27.6. The Balaban J connectivity index is 2.46. The van der Waals surface area contributed by atoms with Gasteiger partial charge in [0.05, 0.1) is 6.61 Å². The molecule has 318 valence electrons. The number of hydrogen-bond acceptors (Lipinski definition) is 11. The van der Waals surface area contributed by atoms with Gasteiger partial charge in [-0.05, 0) is 57.8 Å². The first kappa shape index (κ1) is 50.6. The lowest BCUT2D eigenvalue weighted by Crippen LogP contribution is -2.60. The van der Waals surface area contributed by atoms with Crippen LogP contribution in [-0.2, 0) is 38.7 Å². The highest BCUT2D eigenvalue weighted by atomic mass is 32.2. The van der Waals surface area contributed by atoms with Crippen molar-refractivity contribution in [2.45, 2.75) is 185 Å². The van der Waals surface area contributed by atoms with Crippen molar-refractivity contribution in [3.63, 3.8) is 0 Å². The fourth-order valence-electron chi connectivity index (χ4n) is 5.89. The average Bonchev–Trinajstić information content (AvgIpc) is 3.14. The summed E-state index contributed by atoms with van der Waals surface area (Å²) >= 11 is 0. The van der Waals surface area contributed by atoms with E-state index in [1.807, 2.05) is 0 Å². The SMILES string of the molecule is CCCCC/C=C/C/C=C/C/C=C/C/C=C/CCCCCC(=O)OC[C@H](CO[C@H]1O[C@H](CS(=O)(=O)O)[C@@H](O)C(O)C1O)OC(=O)CCCCCCCCCC. The molecule has 0 spiro atoms. The van der Waals surface area contributed by atoms with E-state index in [1.165, 1.54) is 51.4 Å². The smallest absolute Gasteiger partial charge is 0.306 e. The first-order valence-corrected chi connectivity index (χ1v) is 22.3. The predicted octanol–water partition coefficient (Wildman–Crippen LogP) is 7.61. The van der Waals surface area contributed by atoms with E-state index >= 15 is 0 Å². The van der Waals surface area contributed by atoms with E-state index in [9.17, 15) is 37.9 Å². The number of unbranched alkanes of at least 4 members (excludes halogenated alkanes) is 13. The van der Waals surface area contributed by atoms with Gasteiger partial charge in [0.15, 0.2) is 12.4 Å². The second-order valence-corrected chi connectivity index (χ2v) is 15.8. The fraction of sp³-hybridized carbons (Fsp3) is 0.762. The molecule has 55 heavy (non-hydrogen) atoms. The van der Waals surface area contributed by atoms with Crippen molar-refractivity contribution in [3.8, 4) is 0 Å². The van der Waals surface area contributed by atoms with E-state index < -0.39 is 71.2 Å². The molecule has 2 unspecified atom stereocenters. The topological polar surface area (TPSA) is 186 Å². The number of allylic oxidation sites excluding steroid dienone is 8. The van der Waals surface area contributed by atoms with Crippen LogP contribution in [0.1, 0.15) is 149 Å². The van der Waals surface area contributed by atoms with Crippen molar-refractivity contribution in [2.24, 2.45) is 0 Å². The zero-order valence-electron chi connectivity index (χ0n) is 33.5. The van der Waals surface area contributed by atoms with Crippen LogP contribution in [0.5, 0.6) is 0 Å². The first-order chi connectivity index (χ1) is 26.5. The van der Waals surface area contributed by atoms with Gasteiger partial charge in [0.2, 0.25) is 0 Å². The summed E-state index contributed by atoms with van der Waals surface area (Å²) in [5.74, 6) is -2.03. The third kappa shape index (κ3) is 27.8. The van der Waals surface area contributed by atoms with Gasteiger partial charge >= 0.3 is 11.9 Å². The van der Waals surface area contributed by atoms with Gasteiger partial charge in [-0.2, -0.15) is 8.42 Å². The van der Waals surface area contributed by atoms with Crippen molar-refractivity contribution >= 4 is 22.1 Å². The fourth-order valence-corrected chi connectivity index (χ4v) is 6.58. The van der Waals surface area contributed by atoms with E-state index in [-0.39, 0.29) is 19.4 Å². The molecule has 0 bridgehead atoms. The largest absolute Gasteiger partial charge is 0.462 e. The Hall–Kier alpha value is -2.39. The number of hydrogen-bond donors (Lipinski definition) is 4. The standard InChI is InChI=1S/C42H72O12S/c1-3-5-7-9-11-13-14-15-16-17-18-19-20-21-22-23-25-26-28-30-37(43)51-32-35(53-38(44)31-29-27-24-12-10-8-6-4-2)33-52-42-41(47)40(46)39(45)36(54-42)34-55(48,49)50/h11,13,15-16,18-19,21-22,35-36,39-42,45-47H,3-10,12,14,17,20,23-34H2,1-2H3,(H,48,49,50)/b13-11+,16-15+,19-18+,22-21+/t35-,36-,39-,40?,41?,42+/m1/s1. The molecule has 0 saturated carbocycles. The molecule has 1 heterocycles. The zero-order chi connectivity index (χ0) is 40.6. The molecule has 0 amide bonds. The van der Waals surface area contributed by atoms with Crippen LogP contribution < -0.4 is 0 Å². The third-order valence-corrected chi connectivity index (χ3v) is 9.91. The molecule has 13 heteroatoms. The molecule has 1 rings (SSSR count). The molecule has 12 nitrogen and oxygen atoms in total. The highest BCUT2D eigenvalue weighted by molar-refractivity contribution is 7.85. The van der Waals surface area contributed by atoms with Crippen molar-refractivity contribution in [3.05, 3.63) is 48.6 Å². The van der Waals surface area contributed by atoms with Crippen molar-refractivity contribution in [1.29, 1.82) is 0 Å². The van der Waals surface area contributed by atoms with Crippen molar-refractivity contribution < 1.29 is 56.8 Å². The van der Waals surface area contributed by atoms with Gasteiger partial charge in [-0.15, -0.1) is 0 Å². The van der Waals surface area contributed by atoms with Crippen LogP contribution >= 0.6 is 0 Å². The van der Waals surface area contributed by atoms with Crippen LogP contribution in [0.15, 0.2) is 48.6 Å². The van der Waals surface area contributed by atoms with E-state index in [4.69, 9.17) is 18.9 Å². The Kier molecular flexibility index (Phi) is 30.1. The zero-order valence-corrected chi connectivity index (χ0v) is 34.3. The quantitative estimate of drug-likeness (QED) is 0.0221. The van der Waals surface area contributed by atoms with Gasteiger partial charge in [0, 0.05) is 12.8 Å². The molecular formula is C42H72O12S. The number of aliphatic hydroxyl groups is 3. The number of carbonyl (C=O) groups excluding carboxylic acids is 2. The summed E-state index contributed by atoms with van der Waals surface area (Å²) in [6.45, 7) is 3.64. The molecule has 6 atom stereocenters. The Bertz CT molecular complexity index is 1210. The van der Waals surface area contributed by atoms with Crippen LogP contribution in [0.3, 0.4) is 0 Å². The molecule has 1 saturated heterocycles. The number of carbonyl (C=O) groups is 2. The molecule has 0 aromatic carbocycles. The van der Waals surface area contributed by atoms with Crippen molar-refractivity contribution in [2.75, 3.05) is 19.0 Å². The maximum absolute atomic E-state index is 12.7. The maximum Gasteiger partial charge on any atom is 0.306 e. The Morgan fingerprint density at radius 3 is 1.65 bits per heavy atom. The summed E-state index contributed by atoms with van der Waals surface area (Å²) in [5.41, 5.74) is 0. The molecule has 0 aliphatic carbocycles. The minimum Gasteiger partial charge on any atom is -0.462 e. The highest BCUT2D eigenvalue weighted by Gasteiger charge is 2.46. The monoisotopic (exact) mass is 800 g/mol. The van der Waals surface area contributed by atoms with Crippen LogP contribution in [0.25, 0.3) is 0 Å². The number of ether oxygens (including phenoxy) is 4. The summed E-state index contributed by atoms with van der Waals surface area (Å²) in [7, 11) is -4.60. The molecular weight excluding hydrogens is 729 g/mol. The number of rotatable bonds is 33. The van der Waals surface area contributed by atoms with Crippen LogP contribution in [-0.4, -0.2) is 96.0 Å². The summed E-state index contributed by atoms with van der Waals surface area (Å²) in [4.78, 5) is 25.2. The second kappa shape index (κ2) is 32.7. The summed E-state index contributed by atoms with van der Waals surface area (Å²) < 4.78 is 53.8. The van der Waals surface area contributed by atoms with E-state index in [0.717, 1.165) is 57.8 Å². The normalized spacial score (nSPS) is 21.3. The van der Waals surface area contributed by atoms with Gasteiger partial charge in [-0.3, -0.25) is 14.1 Å². The van der Waals surface area contributed by atoms with E-state index in [0.29, 0.717) is 12.8 Å². The lowest BCUT2D eigenvalue weighted by molar-refractivity contribution is -0.297. The van der Waals surface area contributed by atoms with Crippen molar-refractivity contribution in [1.82, 2.24) is 0 Å². The number of esters is 2. The number of aliphatic hydroxyl groups excluding tert-OH is 3. The van der Waals surface area contributed by atoms with Gasteiger partial charge in [0.25, 0.3) is 10.1 Å². The molecule has 0 radical (unpaired) electrons. The molecule has 0 aromatic heterocycles. The third-order valence-electron chi connectivity index (χ3n) is 9.16. The maximum atomic E-state index is 12.7. The van der Waals surface area contributed by atoms with E-state index in [2.05, 4.69) is 62.5 Å². The highest BCUT2D eigenvalue weighted by Crippen LogP contribution is 2.24. The minimum absolute atomic E-state index is 0.155. The Morgan fingerprint density at radius 1 is 0.618 bits per heavy atom. The lowest BCUT2D eigenvalue weighted by atomic mass is 10.00. The van der Waals surface area contributed by atoms with Gasteiger partial charge in [0.1, 0.15) is 36.8 Å². The average molecular weight is 801 g/mol. The summed E-state index contributed by atoms with van der Waals surface area (Å²) in [6, 6.07) is 0. The van der Waals surface area contributed by atoms with Gasteiger partial charge in [-0.25, -0.2) is 0 Å². The minimum atomic E-state index is -4.60. The lowest BCUT2D eigenvalue weighted by Gasteiger charge is -2.40.